The Morgan fingerprint density at radius 3 is 2.75 bits per heavy atom. The van der Waals surface area contributed by atoms with Crippen LogP contribution in [0.1, 0.15) is 36.3 Å². The van der Waals surface area contributed by atoms with Gasteiger partial charge in [-0.2, -0.15) is 0 Å². The molecule has 0 aromatic carbocycles. The summed E-state index contributed by atoms with van der Waals surface area (Å²) >= 11 is 11.6. The van der Waals surface area contributed by atoms with Gasteiger partial charge in [0.2, 0.25) is 5.28 Å². The SMILES string of the molecule is CC[C@H](C)N1Cc2c(Cl)nc(Cl)nc2C1=O. The van der Waals surface area contributed by atoms with Gasteiger partial charge < -0.3 is 4.90 Å². The van der Waals surface area contributed by atoms with Crippen molar-refractivity contribution in [1.29, 1.82) is 0 Å². The molecule has 86 valence electrons. The Bertz CT molecular complexity index is 450. The van der Waals surface area contributed by atoms with Crippen molar-refractivity contribution in [3.63, 3.8) is 0 Å². The number of halogens is 2. The molecule has 0 N–H and O–H groups in total. The average molecular weight is 260 g/mol. The van der Waals surface area contributed by atoms with Gasteiger partial charge in [0, 0.05) is 11.6 Å². The normalized spacial score (nSPS) is 16.5. The lowest BCUT2D eigenvalue weighted by atomic mass is 10.2. The van der Waals surface area contributed by atoms with Gasteiger partial charge in [-0.1, -0.05) is 18.5 Å². The largest absolute Gasteiger partial charge is 0.330 e. The van der Waals surface area contributed by atoms with Crippen molar-refractivity contribution >= 4 is 29.1 Å². The molecule has 0 saturated heterocycles. The molecule has 1 aliphatic rings. The molecule has 0 radical (unpaired) electrons. The Kier molecular flexibility index (Phi) is 3.04. The first-order valence-corrected chi connectivity index (χ1v) is 5.83. The maximum absolute atomic E-state index is 12.0. The summed E-state index contributed by atoms with van der Waals surface area (Å²) in [5, 5.41) is 0.289. The summed E-state index contributed by atoms with van der Waals surface area (Å²) in [7, 11) is 0. The molecule has 1 atom stereocenters. The highest BCUT2D eigenvalue weighted by Crippen LogP contribution is 2.29. The number of fused-ring (bicyclic) bond motifs is 1. The van der Waals surface area contributed by atoms with Gasteiger partial charge in [-0.25, -0.2) is 9.97 Å². The quantitative estimate of drug-likeness (QED) is 0.606. The number of hydrogen-bond acceptors (Lipinski definition) is 3. The average Bonchev–Trinajstić information content (AvgIpc) is 2.56. The van der Waals surface area contributed by atoms with Crippen LogP contribution in [0, 0.1) is 0 Å². The number of hydrogen-bond donors (Lipinski definition) is 0. The molecule has 0 fully saturated rings. The first-order chi connectivity index (χ1) is 7.54. The van der Waals surface area contributed by atoms with E-state index in [1.165, 1.54) is 0 Å². The third-order valence-corrected chi connectivity index (χ3v) is 3.33. The first-order valence-electron chi connectivity index (χ1n) is 5.07. The maximum atomic E-state index is 12.0. The van der Waals surface area contributed by atoms with Crippen LogP contribution in [-0.2, 0) is 6.54 Å². The number of aromatic nitrogens is 2. The zero-order valence-corrected chi connectivity index (χ0v) is 10.5. The van der Waals surface area contributed by atoms with E-state index in [9.17, 15) is 4.79 Å². The molecule has 0 unspecified atom stereocenters. The van der Waals surface area contributed by atoms with Crippen molar-refractivity contribution in [3.8, 4) is 0 Å². The highest BCUT2D eigenvalue weighted by molar-refractivity contribution is 6.33. The number of carbonyl (C=O) groups is 1. The van der Waals surface area contributed by atoms with Crippen molar-refractivity contribution in [1.82, 2.24) is 14.9 Å². The standard InChI is InChI=1S/C10H11Cl2N3O/c1-3-5(2)15-4-6-7(9(15)16)13-10(12)14-8(6)11/h5H,3-4H2,1-2H3/t5-/m0/s1. The minimum Gasteiger partial charge on any atom is -0.330 e. The molecule has 0 bridgehead atoms. The van der Waals surface area contributed by atoms with Crippen LogP contribution in [0.4, 0.5) is 0 Å². The Labute approximate surface area is 104 Å². The molecule has 1 aromatic heterocycles. The van der Waals surface area contributed by atoms with Crippen LogP contribution in [0.15, 0.2) is 0 Å². The minimum absolute atomic E-state index is 0.0168. The topological polar surface area (TPSA) is 46.1 Å². The number of rotatable bonds is 2. The van der Waals surface area contributed by atoms with Crippen LogP contribution in [-0.4, -0.2) is 26.8 Å². The second-order valence-corrected chi connectivity index (χ2v) is 4.50. The Morgan fingerprint density at radius 2 is 2.12 bits per heavy atom. The molecule has 1 amide bonds. The zero-order chi connectivity index (χ0) is 11.9. The van der Waals surface area contributed by atoms with Crippen molar-refractivity contribution < 1.29 is 4.79 Å². The third kappa shape index (κ3) is 1.76. The summed E-state index contributed by atoms with van der Waals surface area (Å²) in [6.07, 6.45) is 0.887. The molecule has 1 aliphatic heterocycles. The molecular weight excluding hydrogens is 249 g/mol. The Morgan fingerprint density at radius 1 is 1.44 bits per heavy atom. The van der Waals surface area contributed by atoms with E-state index in [1.807, 2.05) is 13.8 Å². The maximum Gasteiger partial charge on any atom is 0.273 e. The molecule has 0 aliphatic carbocycles. The summed E-state index contributed by atoms with van der Waals surface area (Å²) < 4.78 is 0. The Balaban J connectivity index is 2.42. The summed E-state index contributed by atoms with van der Waals surface area (Å²) in [5.41, 5.74) is 1.02. The molecule has 2 rings (SSSR count). The summed E-state index contributed by atoms with van der Waals surface area (Å²) in [4.78, 5) is 21.5. The highest BCUT2D eigenvalue weighted by atomic mass is 35.5. The van der Waals surface area contributed by atoms with Gasteiger partial charge in [-0.3, -0.25) is 4.79 Å². The number of carbonyl (C=O) groups excluding carboxylic acids is 1. The molecule has 4 nitrogen and oxygen atoms in total. The van der Waals surface area contributed by atoms with E-state index in [4.69, 9.17) is 23.2 Å². The van der Waals surface area contributed by atoms with Crippen LogP contribution < -0.4 is 0 Å². The van der Waals surface area contributed by atoms with Crippen molar-refractivity contribution in [2.75, 3.05) is 0 Å². The Hall–Kier alpha value is -0.870. The third-order valence-electron chi connectivity index (χ3n) is 2.84. The number of amides is 1. The summed E-state index contributed by atoms with van der Waals surface area (Å²) in [5.74, 6) is -0.115. The minimum atomic E-state index is -0.115. The van der Waals surface area contributed by atoms with E-state index < -0.39 is 0 Å². The van der Waals surface area contributed by atoms with Crippen LogP contribution in [0.25, 0.3) is 0 Å². The van der Waals surface area contributed by atoms with Crippen LogP contribution >= 0.6 is 23.2 Å². The second-order valence-electron chi connectivity index (χ2n) is 3.80. The van der Waals surface area contributed by atoms with Gasteiger partial charge in [-0.15, -0.1) is 0 Å². The highest BCUT2D eigenvalue weighted by Gasteiger charge is 2.34. The van der Waals surface area contributed by atoms with Crippen LogP contribution in [0.2, 0.25) is 10.4 Å². The fourth-order valence-corrected chi connectivity index (χ4v) is 2.14. The van der Waals surface area contributed by atoms with E-state index in [0.29, 0.717) is 17.8 Å². The lowest BCUT2D eigenvalue weighted by Crippen LogP contribution is -2.32. The van der Waals surface area contributed by atoms with Crippen molar-refractivity contribution in [2.45, 2.75) is 32.9 Å². The zero-order valence-electron chi connectivity index (χ0n) is 9.00. The fourth-order valence-electron chi connectivity index (χ4n) is 1.70. The molecule has 6 heteroatoms. The van der Waals surface area contributed by atoms with E-state index >= 15 is 0 Å². The molecule has 16 heavy (non-hydrogen) atoms. The smallest absolute Gasteiger partial charge is 0.273 e. The monoisotopic (exact) mass is 259 g/mol. The fraction of sp³-hybridized carbons (Fsp3) is 0.500. The van der Waals surface area contributed by atoms with Crippen LogP contribution in [0.3, 0.4) is 0 Å². The van der Waals surface area contributed by atoms with Gasteiger partial charge >= 0.3 is 0 Å². The van der Waals surface area contributed by atoms with E-state index in [-0.39, 0.29) is 22.4 Å². The van der Waals surface area contributed by atoms with Crippen molar-refractivity contribution in [2.24, 2.45) is 0 Å². The van der Waals surface area contributed by atoms with E-state index in [2.05, 4.69) is 9.97 Å². The van der Waals surface area contributed by atoms with Gasteiger partial charge in [-0.05, 0) is 24.9 Å². The predicted molar refractivity (Wildman–Crippen MR) is 61.7 cm³/mol. The number of nitrogens with zero attached hydrogens (tertiary/aromatic N) is 3. The predicted octanol–water partition coefficient (Wildman–Crippen LogP) is 2.54. The molecule has 2 heterocycles. The molecule has 0 saturated carbocycles. The van der Waals surface area contributed by atoms with Gasteiger partial charge in [0.25, 0.3) is 5.91 Å². The van der Waals surface area contributed by atoms with E-state index in [1.54, 1.807) is 4.90 Å². The van der Waals surface area contributed by atoms with Gasteiger partial charge in [0.1, 0.15) is 10.8 Å². The van der Waals surface area contributed by atoms with E-state index in [0.717, 1.165) is 6.42 Å². The van der Waals surface area contributed by atoms with Crippen LogP contribution in [0.5, 0.6) is 0 Å². The van der Waals surface area contributed by atoms with Gasteiger partial charge in [0.05, 0.1) is 6.54 Å². The first kappa shape index (κ1) is 11.6. The van der Waals surface area contributed by atoms with Gasteiger partial charge in [0.15, 0.2) is 0 Å². The summed E-state index contributed by atoms with van der Waals surface area (Å²) in [6, 6.07) is 0.163. The lowest BCUT2D eigenvalue weighted by Gasteiger charge is -2.22. The molecule has 0 spiro atoms. The van der Waals surface area contributed by atoms with Crippen molar-refractivity contribution in [3.05, 3.63) is 21.7 Å². The summed E-state index contributed by atoms with van der Waals surface area (Å²) in [6.45, 7) is 4.49. The molecular formula is C10H11Cl2N3O. The lowest BCUT2D eigenvalue weighted by molar-refractivity contribution is 0.0709. The molecule has 1 aromatic rings. The second kappa shape index (κ2) is 4.18.